The minimum Gasteiger partial charge on any atom is -0.462 e. The highest BCUT2D eigenvalue weighted by Crippen LogP contribution is 2.16. The van der Waals surface area contributed by atoms with Gasteiger partial charge in [0, 0.05) is 5.56 Å². The summed E-state index contributed by atoms with van der Waals surface area (Å²) in [6.07, 6.45) is 0.781. The lowest BCUT2D eigenvalue weighted by molar-refractivity contribution is 0.0523. The van der Waals surface area contributed by atoms with Crippen molar-refractivity contribution in [2.75, 3.05) is 6.61 Å². The molecule has 0 atom stereocenters. The van der Waals surface area contributed by atoms with Gasteiger partial charge in [0.2, 0.25) is 0 Å². The summed E-state index contributed by atoms with van der Waals surface area (Å²) in [7, 11) is 0. The Balaban J connectivity index is 3.20. The van der Waals surface area contributed by atoms with Gasteiger partial charge in [-0.15, -0.1) is 0 Å². The van der Waals surface area contributed by atoms with Crippen molar-refractivity contribution < 1.29 is 14.3 Å². The first-order valence-corrected chi connectivity index (χ1v) is 5.47. The van der Waals surface area contributed by atoms with Gasteiger partial charge in [-0.2, -0.15) is 0 Å². The van der Waals surface area contributed by atoms with Crippen LogP contribution in [-0.4, -0.2) is 17.8 Å². The average Bonchev–Trinajstić information content (AvgIpc) is 2.28. The van der Waals surface area contributed by atoms with E-state index in [9.17, 15) is 9.59 Å². The van der Waals surface area contributed by atoms with Crippen molar-refractivity contribution in [3.05, 3.63) is 34.9 Å². The quantitative estimate of drug-likeness (QED) is 0.600. The number of hydrogen-bond acceptors (Lipinski definition) is 3. The molecule has 0 radical (unpaired) electrons. The maximum Gasteiger partial charge on any atom is 0.338 e. The third-order valence-corrected chi connectivity index (χ3v) is 2.40. The summed E-state index contributed by atoms with van der Waals surface area (Å²) in [6, 6.07) is 4.98. The van der Waals surface area contributed by atoms with E-state index < -0.39 is 11.2 Å². The Bertz CT molecular complexity index is 413. The molecule has 4 heteroatoms. The van der Waals surface area contributed by atoms with Crippen LogP contribution in [0.3, 0.4) is 0 Å². The predicted octanol–water partition coefficient (Wildman–Crippen LogP) is 2.80. The molecule has 1 rings (SSSR count). The molecule has 0 aliphatic rings. The van der Waals surface area contributed by atoms with Crippen molar-refractivity contribution in [3.8, 4) is 0 Å². The summed E-state index contributed by atoms with van der Waals surface area (Å²) < 4.78 is 4.87. The zero-order valence-electron chi connectivity index (χ0n) is 9.25. The van der Waals surface area contributed by atoms with Crippen molar-refractivity contribution in [1.82, 2.24) is 0 Å². The molecule has 0 saturated heterocycles. The van der Waals surface area contributed by atoms with Crippen molar-refractivity contribution in [2.24, 2.45) is 0 Å². The van der Waals surface area contributed by atoms with Crippen LogP contribution in [0.5, 0.6) is 0 Å². The number of carbonyl (C=O) groups is 2. The Morgan fingerprint density at radius 2 is 1.94 bits per heavy atom. The zero-order valence-corrected chi connectivity index (χ0v) is 10.0. The van der Waals surface area contributed by atoms with Crippen LogP contribution in [0, 0.1) is 0 Å². The molecule has 1 aromatic rings. The first-order chi connectivity index (χ1) is 7.60. The van der Waals surface area contributed by atoms with E-state index >= 15 is 0 Å². The number of ether oxygens (including phenoxy) is 1. The normalized spacial score (nSPS) is 9.94. The number of halogens is 1. The van der Waals surface area contributed by atoms with Crippen molar-refractivity contribution in [1.29, 1.82) is 0 Å². The van der Waals surface area contributed by atoms with Gasteiger partial charge in [0.05, 0.1) is 12.2 Å². The van der Waals surface area contributed by atoms with Crippen LogP contribution in [0.1, 0.15) is 40.1 Å². The molecule has 3 nitrogen and oxygen atoms in total. The highest BCUT2D eigenvalue weighted by Gasteiger charge is 2.16. The van der Waals surface area contributed by atoms with E-state index in [-0.39, 0.29) is 17.7 Å². The van der Waals surface area contributed by atoms with Crippen molar-refractivity contribution in [3.63, 3.8) is 0 Å². The van der Waals surface area contributed by atoms with Crippen LogP contribution in [0.25, 0.3) is 0 Å². The minimum absolute atomic E-state index is 0.192. The fourth-order valence-corrected chi connectivity index (χ4v) is 1.53. The number of carbonyl (C=O) groups excluding carboxylic acids is 2. The number of hydrogen-bond donors (Lipinski definition) is 0. The van der Waals surface area contributed by atoms with Gasteiger partial charge in [-0.25, -0.2) is 4.79 Å². The molecule has 0 fully saturated rings. The molecule has 0 amide bonds. The maximum absolute atomic E-state index is 11.6. The fraction of sp³-hybridized carbons (Fsp3) is 0.333. The van der Waals surface area contributed by atoms with Crippen molar-refractivity contribution >= 4 is 22.8 Å². The molecule has 16 heavy (non-hydrogen) atoms. The third-order valence-electron chi connectivity index (χ3n) is 2.20. The molecular formula is C12H13ClO3. The topological polar surface area (TPSA) is 43.4 Å². The van der Waals surface area contributed by atoms with Crippen LogP contribution in [-0.2, 0) is 11.2 Å². The summed E-state index contributed by atoms with van der Waals surface area (Å²) in [6.45, 7) is 3.95. The molecule has 0 saturated carbocycles. The molecule has 0 aromatic heterocycles. The molecule has 86 valence electrons. The second-order valence-electron chi connectivity index (χ2n) is 3.23. The van der Waals surface area contributed by atoms with Gasteiger partial charge < -0.3 is 4.74 Å². The number of rotatable bonds is 4. The number of benzene rings is 1. The minimum atomic E-state index is -0.647. The van der Waals surface area contributed by atoms with E-state index in [1.54, 1.807) is 25.1 Å². The molecule has 0 N–H and O–H groups in total. The Morgan fingerprint density at radius 3 is 2.44 bits per heavy atom. The largest absolute Gasteiger partial charge is 0.462 e. The standard InChI is InChI=1S/C12H13ClO3/c1-3-8-5-6-9(11(13)14)10(7-8)12(15)16-4-2/h5-7H,3-4H2,1-2H3. The summed E-state index contributed by atoms with van der Waals surface area (Å²) >= 11 is 5.40. The van der Waals surface area contributed by atoms with Gasteiger partial charge in [-0.1, -0.05) is 13.0 Å². The summed E-state index contributed by atoms with van der Waals surface area (Å²) in [5.41, 5.74) is 1.39. The zero-order chi connectivity index (χ0) is 12.1. The summed E-state index contributed by atoms with van der Waals surface area (Å²) in [5.74, 6) is -0.512. The molecule has 0 bridgehead atoms. The molecule has 0 spiro atoms. The maximum atomic E-state index is 11.6. The first-order valence-electron chi connectivity index (χ1n) is 5.10. The van der Waals surface area contributed by atoms with Gasteiger partial charge in [-0.3, -0.25) is 4.79 Å². The lowest BCUT2D eigenvalue weighted by atomic mass is 10.0. The molecule has 0 heterocycles. The van der Waals surface area contributed by atoms with E-state index in [2.05, 4.69) is 0 Å². The highest BCUT2D eigenvalue weighted by molar-refractivity contribution is 6.68. The molecule has 0 aliphatic carbocycles. The molecule has 0 unspecified atom stereocenters. The first kappa shape index (κ1) is 12.7. The predicted molar refractivity (Wildman–Crippen MR) is 62.0 cm³/mol. The molecule has 1 aromatic carbocycles. The van der Waals surface area contributed by atoms with Gasteiger partial charge in [0.1, 0.15) is 0 Å². The summed E-state index contributed by atoms with van der Waals surface area (Å²) in [5, 5.41) is -0.647. The van der Waals surface area contributed by atoms with Crippen molar-refractivity contribution in [2.45, 2.75) is 20.3 Å². The van der Waals surface area contributed by atoms with E-state index in [0.29, 0.717) is 0 Å². The Hall–Kier alpha value is -1.35. The SMILES string of the molecule is CCOC(=O)c1cc(CC)ccc1C(=O)Cl. The monoisotopic (exact) mass is 240 g/mol. The van der Waals surface area contributed by atoms with Gasteiger partial charge in [-0.05, 0) is 42.6 Å². The number of aryl methyl sites for hydroxylation is 1. The Morgan fingerprint density at radius 1 is 1.25 bits per heavy atom. The fourth-order valence-electron chi connectivity index (χ4n) is 1.36. The second-order valence-corrected chi connectivity index (χ2v) is 3.57. The average molecular weight is 241 g/mol. The van der Waals surface area contributed by atoms with Crippen LogP contribution >= 0.6 is 11.6 Å². The lowest BCUT2D eigenvalue weighted by Gasteiger charge is -2.07. The molecular weight excluding hydrogens is 228 g/mol. The lowest BCUT2D eigenvalue weighted by Crippen LogP contribution is -2.10. The molecule has 0 aliphatic heterocycles. The number of esters is 1. The van der Waals surface area contributed by atoms with E-state index in [1.807, 2.05) is 6.92 Å². The van der Waals surface area contributed by atoms with Gasteiger partial charge in [0.25, 0.3) is 5.24 Å². The Labute approximate surface area is 99.4 Å². The second kappa shape index (κ2) is 5.66. The van der Waals surface area contributed by atoms with Crippen LogP contribution < -0.4 is 0 Å². The van der Waals surface area contributed by atoms with Crippen LogP contribution in [0.4, 0.5) is 0 Å². The van der Waals surface area contributed by atoms with E-state index in [1.165, 1.54) is 0 Å². The van der Waals surface area contributed by atoms with Gasteiger partial charge in [0.15, 0.2) is 0 Å². The Kier molecular flexibility index (Phi) is 4.50. The van der Waals surface area contributed by atoms with E-state index in [4.69, 9.17) is 16.3 Å². The van der Waals surface area contributed by atoms with Gasteiger partial charge >= 0.3 is 5.97 Å². The van der Waals surface area contributed by atoms with E-state index in [0.717, 1.165) is 12.0 Å². The highest BCUT2D eigenvalue weighted by atomic mass is 35.5. The van der Waals surface area contributed by atoms with Crippen LogP contribution in [0.2, 0.25) is 0 Å². The third kappa shape index (κ3) is 2.83. The van der Waals surface area contributed by atoms with Crippen LogP contribution in [0.15, 0.2) is 18.2 Å². The summed E-state index contributed by atoms with van der Waals surface area (Å²) in [4.78, 5) is 22.7. The smallest absolute Gasteiger partial charge is 0.338 e.